The first-order chi connectivity index (χ1) is 9.15. The zero-order valence-corrected chi connectivity index (χ0v) is 11.7. The van der Waals surface area contributed by atoms with E-state index < -0.39 is 6.10 Å². The average Bonchev–Trinajstić information content (AvgIpc) is 2.84. The van der Waals surface area contributed by atoms with Crippen LogP contribution < -0.4 is 0 Å². The summed E-state index contributed by atoms with van der Waals surface area (Å²) in [5.41, 5.74) is 0.848. The molecule has 0 amide bonds. The zero-order chi connectivity index (χ0) is 13.7. The van der Waals surface area contributed by atoms with Crippen molar-refractivity contribution in [1.82, 2.24) is 9.55 Å². The van der Waals surface area contributed by atoms with Crippen LogP contribution in [0.4, 0.5) is 0 Å². The molecular weight excluding hydrogens is 287 g/mol. The number of rotatable bonds is 6. The standard InChI is InChI=1S/C13H14Cl2N2O2/c14-11-2-1-10(13(15)5-11)7-19-8-12(18)6-17-4-3-16-9-17/h1-5,9,12,18H,6-8H2. The van der Waals surface area contributed by atoms with Crippen LogP contribution in [-0.2, 0) is 17.9 Å². The highest BCUT2D eigenvalue weighted by Crippen LogP contribution is 2.21. The lowest BCUT2D eigenvalue weighted by Crippen LogP contribution is -2.21. The van der Waals surface area contributed by atoms with Crippen LogP contribution in [0.3, 0.4) is 0 Å². The van der Waals surface area contributed by atoms with Crippen molar-refractivity contribution in [3.63, 3.8) is 0 Å². The first-order valence-corrected chi connectivity index (χ1v) is 6.56. The number of aromatic nitrogens is 2. The topological polar surface area (TPSA) is 47.3 Å². The monoisotopic (exact) mass is 300 g/mol. The van der Waals surface area contributed by atoms with Gasteiger partial charge >= 0.3 is 0 Å². The quantitative estimate of drug-likeness (QED) is 0.892. The van der Waals surface area contributed by atoms with E-state index in [1.807, 2.05) is 6.07 Å². The fourth-order valence-corrected chi connectivity index (χ4v) is 2.10. The number of nitrogens with zero attached hydrogens (tertiary/aromatic N) is 2. The Bertz CT molecular complexity index is 517. The second-order valence-electron chi connectivity index (χ2n) is 4.16. The minimum atomic E-state index is -0.583. The molecule has 1 atom stereocenters. The summed E-state index contributed by atoms with van der Waals surface area (Å²) in [6.07, 6.45) is 4.53. The number of benzene rings is 1. The summed E-state index contributed by atoms with van der Waals surface area (Å²) in [6.45, 7) is 1.03. The Hall–Kier alpha value is -1.07. The largest absolute Gasteiger partial charge is 0.389 e. The van der Waals surface area contributed by atoms with Gasteiger partial charge in [0.15, 0.2) is 0 Å². The minimum Gasteiger partial charge on any atom is -0.389 e. The van der Waals surface area contributed by atoms with Crippen LogP contribution in [0.25, 0.3) is 0 Å². The van der Waals surface area contributed by atoms with Crippen molar-refractivity contribution in [3.8, 4) is 0 Å². The highest BCUT2D eigenvalue weighted by Gasteiger charge is 2.07. The molecule has 1 aromatic carbocycles. The lowest BCUT2D eigenvalue weighted by molar-refractivity contribution is 0.0204. The Kier molecular flexibility index (Phi) is 5.22. The summed E-state index contributed by atoms with van der Waals surface area (Å²) in [7, 11) is 0. The molecule has 2 aromatic rings. The van der Waals surface area contributed by atoms with E-state index in [9.17, 15) is 5.11 Å². The molecule has 0 saturated carbocycles. The van der Waals surface area contributed by atoms with Gasteiger partial charge < -0.3 is 14.4 Å². The molecule has 6 heteroatoms. The Morgan fingerprint density at radius 1 is 1.37 bits per heavy atom. The van der Waals surface area contributed by atoms with Crippen LogP contribution in [0, 0.1) is 0 Å². The maximum Gasteiger partial charge on any atom is 0.0952 e. The maximum atomic E-state index is 9.78. The number of ether oxygens (including phenoxy) is 1. The number of aliphatic hydroxyl groups is 1. The van der Waals surface area contributed by atoms with Crippen molar-refractivity contribution in [2.75, 3.05) is 6.61 Å². The lowest BCUT2D eigenvalue weighted by Gasteiger charge is -2.12. The molecule has 0 saturated heterocycles. The van der Waals surface area contributed by atoms with Gasteiger partial charge in [0.2, 0.25) is 0 Å². The molecular formula is C13H14Cl2N2O2. The number of hydrogen-bond acceptors (Lipinski definition) is 3. The van der Waals surface area contributed by atoms with Crippen molar-refractivity contribution < 1.29 is 9.84 Å². The highest BCUT2D eigenvalue weighted by atomic mass is 35.5. The summed E-state index contributed by atoms with van der Waals surface area (Å²) in [6, 6.07) is 5.24. The van der Waals surface area contributed by atoms with E-state index in [1.54, 1.807) is 35.4 Å². The average molecular weight is 301 g/mol. The van der Waals surface area contributed by atoms with Crippen LogP contribution in [-0.4, -0.2) is 27.4 Å². The third kappa shape index (κ3) is 4.51. The molecule has 19 heavy (non-hydrogen) atoms. The Morgan fingerprint density at radius 3 is 2.89 bits per heavy atom. The highest BCUT2D eigenvalue weighted by molar-refractivity contribution is 6.35. The fraction of sp³-hybridized carbons (Fsp3) is 0.308. The molecule has 1 unspecified atom stereocenters. The van der Waals surface area contributed by atoms with Gasteiger partial charge in [0.05, 0.1) is 32.2 Å². The van der Waals surface area contributed by atoms with Crippen LogP contribution in [0.15, 0.2) is 36.9 Å². The molecule has 0 aliphatic heterocycles. The maximum absolute atomic E-state index is 9.78. The van der Waals surface area contributed by atoms with E-state index >= 15 is 0 Å². The van der Waals surface area contributed by atoms with Gasteiger partial charge in [-0.3, -0.25) is 0 Å². The predicted molar refractivity (Wildman–Crippen MR) is 74.4 cm³/mol. The lowest BCUT2D eigenvalue weighted by atomic mass is 10.2. The van der Waals surface area contributed by atoms with Gasteiger partial charge in [0, 0.05) is 22.4 Å². The van der Waals surface area contributed by atoms with Crippen LogP contribution in [0.1, 0.15) is 5.56 Å². The van der Waals surface area contributed by atoms with Crippen molar-refractivity contribution in [3.05, 3.63) is 52.5 Å². The molecule has 0 radical (unpaired) electrons. The third-order valence-corrected chi connectivity index (χ3v) is 3.15. The number of imidazole rings is 1. The van der Waals surface area contributed by atoms with Crippen molar-refractivity contribution in [1.29, 1.82) is 0 Å². The van der Waals surface area contributed by atoms with Crippen molar-refractivity contribution >= 4 is 23.2 Å². The molecule has 0 spiro atoms. The van der Waals surface area contributed by atoms with Crippen molar-refractivity contribution in [2.45, 2.75) is 19.3 Å². The third-order valence-electron chi connectivity index (χ3n) is 2.56. The SMILES string of the molecule is OC(COCc1ccc(Cl)cc1Cl)Cn1ccnc1. The van der Waals surface area contributed by atoms with E-state index in [0.717, 1.165) is 5.56 Å². The first kappa shape index (κ1) is 14.3. The van der Waals surface area contributed by atoms with Gasteiger partial charge in [-0.05, 0) is 17.7 Å². The molecule has 1 heterocycles. The van der Waals surface area contributed by atoms with Crippen LogP contribution >= 0.6 is 23.2 Å². The van der Waals surface area contributed by atoms with Crippen LogP contribution in [0.5, 0.6) is 0 Å². The van der Waals surface area contributed by atoms with E-state index in [0.29, 0.717) is 23.2 Å². The molecule has 1 aromatic heterocycles. The Balaban J connectivity index is 1.76. The number of hydrogen-bond donors (Lipinski definition) is 1. The van der Waals surface area contributed by atoms with Crippen LogP contribution in [0.2, 0.25) is 10.0 Å². The van der Waals surface area contributed by atoms with E-state index in [-0.39, 0.29) is 6.61 Å². The van der Waals surface area contributed by atoms with E-state index in [4.69, 9.17) is 27.9 Å². The molecule has 0 fully saturated rings. The van der Waals surface area contributed by atoms with Gasteiger partial charge in [0.25, 0.3) is 0 Å². The smallest absolute Gasteiger partial charge is 0.0952 e. The summed E-state index contributed by atoms with van der Waals surface area (Å²) in [5, 5.41) is 10.9. The Morgan fingerprint density at radius 2 is 2.21 bits per heavy atom. The second-order valence-corrected chi connectivity index (χ2v) is 5.01. The van der Waals surface area contributed by atoms with Gasteiger partial charge in [-0.15, -0.1) is 0 Å². The normalized spacial score (nSPS) is 12.6. The molecule has 0 aliphatic rings. The number of halogens is 2. The first-order valence-electron chi connectivity index (χ1n) is 5.80. The molecule has 1 N–H and O–H groups in total. The second kappa shape index (κ2) is 6.91. The zero-order valence-electron chi connectivity index (χ0n) is 10.2. The number of aliphatic hydroxyl groups excluding tert-OH is 1. The van der Waals surface area contributed by atoms with E-state index in [2.05, 4.69) is 4.98 Å². The van der Waals surface area contributed by atoms with Gasteiger partial charge in [0.1, 0.15) is 0 Å². The Labute approximate surface area is 121 Å². The van der Waals surface area contributed by atoms with Gasteiger partial charge in [-0.1, -0.05) is 29.3 Å². The fourth-order valence-electron chi connectivity index (χ4n) is 1.63. The summed E-state index contributed by atoms with van der Waals surface area (Å²) in [4.78, 5) is 3.90. The predicted octanol–water partition coefficient (Wildman–Crippen LogP) is 2.77. The molecule has 4 nitrogen and oxygen atoms in total. The molecule has 0 aliphatic carbocycles. The minimum absolute atomic E-state index is 0.233. The summed E-state index contributed by atoms with van der Waals surface area (Å²) < 4.78 is 7.23. The summed E-state index contributed by atoms with van der Waals surface area (Å²) in [5.74, 6) is 0. The van der Waals surface area contributed by atoms with Crippen molar-refractivity contribution in [2.24, 2.45) is 0 Å². The van der Waals surface area contributed by atoms with E-state index in [1.165, 1.54) is 0 Å². The van der Waals surface area contributed by atoms with Gasteiger partial charge in [-0.2, -0.15) is 0 Å². The van der Waals surface area contributed by atoms with Gasteiger partial charge in [-0.25, -0.2) is 4.98 Å². The molecule has 2 rings (SSSR count). The molecule has 0 bridgehead atoms. The molecule has 102 valence electrons. The summed E-state index contributed by atoms with van der Waals surface area (Å²) >= 11 is 11.8.